The first-order valence-corrected chi connectivity index (χ1v) is 6.77. The average Bonchev–Trinajstić information content (AvgIpc) is 2.67. The van der Waals surface area contributed by atoms with E-state index in [9.17, 15) is 13.2 Å². The van der Waals surface area contributed by atoms with Crippen molar-refractivity contribution in [1.82, 2.24) is 5.32 Å². The molecule has 4 heteroatoms. The molecule has 1 aliphatic rings. The van der Waals surface area contributed by atoms with Gasteiger partial charge in [0, 0.05) is 12.6 Å². The van der Waals surface area contributed by atoms with Gasteiger partial charge in [-0.1, -0.05) is 32.0 Å². The van der Waals surface area contributed by atoms with Gasteiger partial charge >= 0.3 is 6.18 Å². The van der Waals surface area contributed by atoms with Gasteiger partial charge in [-0.05, 0) is 36.3 Å². The van der Waals surface area contributed by atoms with Gasteiger partial charge in [-0.25, -0.2) is 0 Å². The van der Waals surface area contributed by atoms with Gasteiger partial charge in [0.2, 0.25) is 0 Å². The molecule has 1 fully saturated rings. The van der Waals surface area contributed by atoms with Crippen LogP contribution in [-0.2, 0) is 12.7 Å². The first kappa shape index (κ1) is 14.4. The predicted octanol–water partition coefficient (Wildman–Crippen LogP) is 4.23. The largest absolute Gasteiger partial charge is 0.416 e. The van der Waals surface area contributed by atoms with Gasteiger partial charge in [-0.2, -0.15) is 13.2 Å². The van der Waals surface area contributed by atoms with Crippen LogP contribution in [0.1, 0.15) is 37.8 Å². The van der Waals surface area contributed by atoms with Crippen molar-refractivity contribution in [2.45, 2.75) is 45.5 Å². The Balaban J connectivity index is 1.97. The minimum absolute atomic E-state index is 0.421. The van der Waals surface area contributed by atoms with Crippen LogP contribution < -0.4 is 5.32 Å². The van der Waals surface area contributed by atoms with Crippen LogP contribution in [0.15, 0.2) is 24.3 Å². The second-order valence-corrected chi connectivity index (χ2v) is 5.60. The number of benzene rings is 1. The van der Waals surface area contributed by atoms with Crippen molar-refractivity contribution in [2.24, 2.45) is 11.8 Å². The molecule has 0 aromatic heterocycles. The highest BCUT2D eigenvalue weighted by atomic mass is 19.4. The summed E-state index contributed by atoms with van der Waals surface area (Å²) in [4.78, 5) is 0. The molecular weight excluding hydrogens is 251 g/mol. The maximum Gasteiger partial charge on any atom is 0.416 e. The number of rotatable bonds is 3. The van der Waals surface area contributed by atoms with E-state index >= 15 is 0 Å². The van der Waals surface area contributed by atoms with Crippen LogP contribution in [-0.4, -0.2) is 6.04 Å². The second-order valence-electron chi connectivity index (χ2n) is 5.60. The highest BCUT2D eigenvalue weighted by molar-refractivity contribution is 5.25. The van der Waals surface area contributed by atoms with Crippen molar-refractivity contribution in [3.8, 4) is 0 Å². The number of alkyl halides is 3. The topological polar surface area (TPSA) is 12.0 Å². The van der Waals surface area contributed by atoms with Gasteiger partial charge in [-0.15, -0.1) is 0 Å². The number of halogens is 3. The van der Waals surface area contributed by atoms with E-state index in [-0.39, 0.29) is 0 Å². The summed E-state index contributed by atoms with van der Waals surface area (Å²) < 4.78 is 37.8. The molecule has 19 heavy (non-hydrogen) atoms. The zero-order valence-corrected chi connectivity index (χ0v) is 11.3. The Morgan fingerprint density at radius 1 is 1.21 bits per heavy atom. The molecule has 0 spiro atoms. The Hall–Kier alpha value is -1.03. The molecule has 1 saturated carbocycles. The maximum atomic E-state index is 12.6. The minimum Gasteiger partial charge on any atom is -0.310 e. The van der Waals surface area contributed by atoms with Crippen LogP contribution in [0, 0.1) is 11.8 Å². The summed E-state index contributed by atoms with van der Waals surface area (Å²) in [5.74, 6) is 1.28. The fourth-order valence-electron chi connectivity index (χ4n) is 2.76. The van der Waals surface area contributed by atoms with E-state index in [1.165, 1.54) is 18.6 Å². The minimum atomic E-state index is -4.26. The lowest BCUT2D eigenvalue weighted by Crippen LogP contribution is -2.31. The van der Waals surface area contributed by atoms with Gasteiger partial charge in [0.25, 0.3) is 0 Å². The van der Waals surface area contributed by atoms with Gasteiger partial charge in [-0.3, -0.25) is 0 Å². The van der Waals surface area contributed by atoms with E-state index in [4.69, 9.17) is 0 Å². The Morgan fingerprint density at radius 3 is 2.53 bits per heavy atom. The molecule has 0 saturated heterocycles. The Labute approximate surface area is 112 Å². The quantitative estimate of drug-likeness (QED) is 0.867. The van der Waals surface area contributed by atoms with E-state index in [2.05, 4.69) is 19.2 Å². The van der Waals surface area contributed by atoms with Gasteiger partial charge < -0.3 is 5.32 Å². The lowest BCUT2D eigenvalue weighted by molar-refractivity contribution is -0.137. The molecule has 2 rings (SSSR count). The molecule has 0 amide bonds. The summed E-state index contributed by atoms with van der Waals surface area (Å²) in [5.41, 5.74) is 0.126. The lowest BCUT2D eigenvalue weighted by Gasteiger charge is -2.20. The van der Waals surface area contributed by atoms with Crippen molar-refractivity contribution >= 4 is 0 Å². The van der Waals surface area contributed by atoms with Crippen LogP contribution in [0.4, 0.5) is 13.2 Å². The average molecular weight is 271 g/mol. The molecule has 3 unspecified atom stereocenters. The third-order valence-corrected chi connectivity index (χ3v) is 4.29. The number of nitrogens with one attached hydrogen (secondary N) is 1. The summed E-state index contributed by atoms with van der Waals surface area (Å²) in [5, 5.41) is 3.39. The highest BCUT2D eigenvalue weighted by Crippen LogP contribution is 2.32. The van der Waals surface area contributed by atoms with Crippen LogP contribution >= 0.6 is 0 Å². The van der Waals surface area contributed by atoms with E-state index < -0.39 is 11.7 Å². The summed E-state index contributed by atoms with van der Waals surface area (Å²) >= 11 is 0. The van der Waals surface area contributed by atoms with E-state index in [0.717, 1.165) is 12.5 Å². The molecular formula is C15H20F3N. The van der Waals surface area contributed by atoms with Gasteiger partial charge in [0.05, 0.1) is 5.56 Å². The third kappa shape index (κ3) is 3.50. The summed E-state index contributed by atoms with van der Waals surface area (Å²) in [6.45, 7) is 4.95. The van der Waals surface area contributed by atoms with E-state index in [1.807, 2.05) is 0 Å². The lowest BCUT2D eigenvalue weighted by atomic mass is 9.97. The van der Waals surface area contributed by atoms with Gasteiger partial charge in [0.15, 0.2) is 0 Å². The fraction of sp³-hybridized carbons (Fsp3) is 0.600. The van der Waals surface area contributed by atoms with E-state index in [1.54, 1.807) is 6.07 Å². The normalized spacial score (nSPS) is 27.7. The van der Waals surface area contributed by atoms with Crippen LogP contribution in [0.25, 0.3) is 0 Å². The molecule has 3 atom stereocenters. The van der Waals surface area contributed by atoms with Crippen LogP contribution in [0.5, 0.6) is 0 Å². The second kappa shape index (κ2) is 5.53. The first-order valence-electron chi connectivity index (χ1n) is 6.77. The molecule has 0 aliphatic heterocycles. The highest BCUT2D eigenvalue weighted by Gasteiger charge is 2.31. The molecule has 0 heterocycles. The smallest absolute Gasteiger partial charge is 0.310 e. The van der Waals surface area contributed by atoms with Gasteiger partial charge in [0.1, 0.15) is 0 Å². The van der Waals surface area contributed by atoms with Crippen molar-refractivity contribution in [3.05, 3.63) is 35.4 Å². The maximum absolute atomic E-state index is 12.6. The zero-order chi connectivity index (χ0) is 14.0. The van der Waals surface area contributed by atoms with Crippen molar-refractivity contribution in [3.63, 3.8) is 0 Å². The summed E-state index contributed by atoms with van der Waals surface area (Å²) in [6, 6.07) is 5.98. The third-order valence-electron chi connectivity index (χ3n) is 4.29. The molecule has 1 aromatic rings. The SMILES string of the molecule is CC1CCC(NCc2cccc(C(F)(F)F)c2)C1C. The number of hydrogen-bond acceptors (Lipinski definition) is 1. The summed E-state index contributed by atoms with van der Waals surface area (Å²) in [7, 11) is 0. The molecule has 1 aliphatic carbocycles. The Kier molecular flexibility index (Phi) is 4.19. The standard InChI is InChI=1S/C15H20F3N/c1-10-6-7-14(11(10)2)19-9-12-4-3-5-13(8-12)15(16,17)18/h3-5,8,10-11,14,19H,6-7,9H2,1-2H3. The molecule has 1 nitrogen and oxygen atoms in total. The van der Waals surface area contributed by atoms with Crippen molar-refractivity contribution < 1.29 is 13.2 Å². The molecule has 1 N–H and O–H groups in total. The zero-order valence-electron chi connectivity index (χ0n) is 11.3. The van der Waals surface area contributed by atoms with Crippen molar-refractivity contribution in [1.29, 1.82) is 0 Å². The van der Waals surface area contributed by atoms with Crippen molar-refractivity contribution in [2.75, 3.05) is 0 Å². The molecule has 106 valence electrons. The monoisotopic (exact) mass is 271 g/mol. The fourth-order valence-corrected chi connectivity index (χ4v) is 2.76. The molecule has 0 radical (unpaired) electrons. The molecule has 0 bridgehead atoms. The number of hydrogen-bond donors (Lipinski definition) is 1. The Morgan fingerprint density at radius 2 is 1.95 bits per heavy atom. The predicted molar refractivity (Wildman–Crippen MR) is 69.6 cm³/mol. The first-order chi connectivity index (χ1) is 8.88. The van der Waals surface area contributed by atoms with E-state index in [0.29, 0.717) is 30.0 Å². The van der Waals surface area contributed by atoms with Crippen LogP contribution in [0.3, 0.4) is 0 Å². The Bertz CT molecular complexity index is 428. The molecule has 1 aromatic carbocycles. The summed E-state index contributed by atoms with van der Waals surface area (Å²) in [6.07, 6.45) is -1.95. The van der Waals surface area contributed by atoms with Crippen LogP contribution in [0.2, 0.25) is 0 Å².